The van der Waals surface area contributed by atoms with Crippen molar-refractivity contribution in [1.82, 2.24) is 0 Å². The molecule has 4 nitrogen and oxygen atoms in total. The highest BCUT2D eigenvalue weighted by Crippen LogP contribution is 2.15. The van der Waals surface area contributed by atoms with Gasteiger partial charge in [0.25, 0.3) is 0 Å². The zero-order chi connectivity index (χ0) is 15.7. The third kappa shape index (κ3) is 5.18. The first-order chi connectivity index (χ1) is 10.1. The molecule has 0 heterocycles. The van der Waals surface area contributed by atoms with Crippen LogP contribution in [0.5, 0.6) is 5.75 Å². The zero-order valence-electron chi connectivity index (χ0n) is 12.8. The lowest BCUT2D eigenvalue weighted by atomic mass is 10.1. The summed E-state index contributed by atoms with van der Waals surface area (Å²) in [6, 6.07) is 7.69. The Bertz CT molecular complexity index is 568. The first-order valence-electron chi connectivity index (χ1n) is 6.43. The van der Waals surface area contributed by atoms with Crippen LogP contribution in [-0.4, -0.2) is 27.3 Å². The van der Waals surface area contributed by atoms with Crippen LogP contribution in [0, 0.1) is 0 Å². The van der Waals surface area contributed by atoms with Gasteiger partial charge in [-0.15, -0.1) is 0 Å². The lowest BCUT2D eigenvalue weighted by Crippen LogP contribution is -2.06. The second-order valence-electron chi connectivity index (χ2n) is 4.24. The number of rotatable bonds is 6. The summed E-state index contributed by atoms with van der Waals surface area (Å²) in [5.41, 5.74) is 2.15. The van der Waals surface area contributed by atoms with Gasteiger partial charge in [0.2, 0.25) is 0 Å². The Hall–Kier alpha value is -2.49. The van der Waals surface area contributed by atoms with Crippen molar-refractivity contribution in [2.75, 3.05) is 21.3 Å². The van der Waals surface area contributed by atoms with Gasteiger partial charge in [-0.05, 0) is 30.2 Å². The average molecular weight is 288 g/mol. The number of carbonyl (C=O) groups is 1. The van der Waals surface area contributed by atoms with E-state index in [1.54, 1.807) is 7.11 Å². The fourth-order valence-electron chi connectivity index (χ4n) is 1.67. The Morgan fingerprint density at radius 2 is 1.95 bits per heavy atom. The monoisotopic (exact) mass is 288 g/mol. The maximum atomic E-state index is 11.6. The number of benzene rings is 1. The highest BCUT2D eigenvalue weighted by molar-refractivity contribution is 5.92. The van der Waals surface area contributed by atoms with Crippen molar-refractivity contribution in [1.29, 1.82) is 0 Å². The van der Waals surface area contributed by atoms with E-state index in [1.807, 2.05) is 49.4 Å². The number of esters is 1. The first-order valence-corrected chi connectivity index (χ1v) is 6.43. The molecule has 0 saturated carbocycles. The molecule has 0 fully saturated rings. The van der Waals surface area contributed by atoms with Crippen molar-refractivity contribution >= 4 is 12.0 Å². The van der Waals surface area contributed by atoms with Crippen LogP contribution in [0.2, 0.25) is 0 Å². The molecule has 0 unspecified atom stereocenters. The average Bonchev–Trinajstić information content (AvgIpc) is 2.52. The van der Waals surface area contributed by atoms with Crippen LogP contribution in [-0.2, 0) is 14.3 Å². The van der Waals surface area contributed by atoms with Crippen molar-refractivity contribution in [3.8, 4) is 5.75 Å². The lowest BCUT2D eigenvalue weighted by molar-refractivity contribution is -0.135. The topological polar surface area (TPSA) is 44.8 Å². The van der Waals surface area contributed by atoms with E-state index >= 15 is 0 Å². The number of hydrogen-bond acceptors (Lipinski definition) is 4. The normalized spacial score (nSPS) is 12.4. The smallest absolute Gasteiger partial charge is 0.341 e. The molecule has 0 spiro atoms. The molecular formula is C17H20O4. The zero-order valence-corrected chi connectivity index (χ0v) is 12.8. The summed E-state index contributed by atoms with van der Waals surface area (Å²) < 4.78 is 14.8. The second kappa shape index (κ2) is 8.64. The Kier molecular flexibility index (Phi) is 6.81. The maximum absolute atomic E-state index is 11.6. The molecular weight excluding hydrogens is 268 g/mol. The molecule has 0 aliphatic rings. The summed E-state index contributed by atoms with van der Waals surface area (Å²) in [4.78, 5) is 11.6. The van der Waals surface area contributed by atoms with E-state index in [2.05, 4.69) is 0 Å². The Labute approximate surface area is 125 Å². The van der Waals surface area contributed by atoms with E-state index in [9.17, 15) is 4.79 Å². The van der Waals surface area contributed by atoms with E-state index in [-0.39, 0.29) is 0 Å². The van der Waals surface area contributed by atoms with Gasteiger partial charge in [-0.25, -0.2) is 4.79 Å². The summed E-state index contributed by atoms with van der Waals surface area (Å²) in [6.45, 7) is 1.82. The van der Waals surface area contributed by atoms with Crippen LogP contribution in [0.25, 0.3) is 6.08 Å². The van der Waals surface area contributed by atoms with Crippen LogP contribution in [0.3, 0.4) is 0 Å². The fourth-order valence-corrected chi connectivity index (χ4v) is 1.67. The van der Waals surface area contributed by atoms with Gasteiger partial charge in [0.15, 0.2) is 0 Å². The van der Waals surface area contributed by atoms with Crippen molar-refractivity contribution in [3.63, 3.8) is 0 Å². The third-order valence-corrected chi connectivity index (χ3v) is 2.79. The van der Waals surface area contributed by atoms with Gasteiger partial charge >= 0.3 is 5.97 Å². The summed E-state index contributed by atoms with van der Waals surface area (Å²) in [5, 5.41) is 0. The Morgan fingerprint density at radius 3 is 2.57 bits per heavy atom. The summed E-state index contributed by atoms with van der Waals surface area (Å²) in [6.07, 6.45) is 6.97. The van der Waals surface area contributed by atoms with Gasteiger partial charge in [-0.1, -0.05) is 30.4 Å². The minimum absolute atomic E-state index is 0.385. The van der Waals surface area contributed by atoms with E-state index in [0.29, 0.717) is 5.57 Å². The SMILES string of the molecule is CO\C=C(C(=O)OC)/C(C)=C\C=C\c1cccc(OC)c1. The van der Waals surface area contributed by atoms with Crippen LogP contribution in [0.4, 0.5) is 0 Å². The molecule has 0 bridgehead atoms. The van der Waals surface area contributed by atoms with E-state index in [1.165, 1.54) is 20.5 Å². The van der Waals surface area contributed by atoms with E-state index < -0.39 is 5.97 Å². The van der Waals surface area contributed by atoms with E-state index in [4.69, 9.17) is 14.2 Å². The molecule has 1 aromatic carbocycles. The molecule has 0 aliphatic heterocycles. The Morgan fingerprint density at radius 1 is 1.19 bits per heavy atom. The molecule has 21 heavy (non-hydrogen) atoms. The molecule has 0 aromatic heterocycles. The number of ether oxygens (including phenoxy) is 3. The quantitative estimate of drug-likeness (QED) is 0.348. The maximum Gasteiger partial charge on any atom is 0.341 e. The molecule has 0 saturated heterocycles. The standard InChI is InChI=1S/C17H20O4/c1-13(16(12-19-2)17(18)21-4)7-5-8-14-9-6-10-15(11-14)20-3/h5-12H,1-4H3/b8-5+,13-7-,16-12+. The van der Waals surface area contributed by atoms with Gasteiger partial charge in [-0.3, -0.25) is 0 Å². The van der Waals surface area contributed by atoms with Gasteiger partial charge in [-0.2, -0.15) is 0 Å². The van der Waals surface area contributed by atoms with Gasteiger partial charge in [0, 0.05) is 0 Å². The molecule has 0 radical (unpaired) electrons. The Balaban J connectivity index is 2.88. The predicted molar refractivity (Wildman–Crippen MR) is 82.9 cm³/mol. The predicted octanol–water partition coefficient (Wildman–Crippen LogP) is 3.36. The highest BCUT2D eigenvalue weighted by Gasteiger charge is 2.11. The number of hydrogen-bond donors (Lipinski definition) is 0. The van der Waals surface area contributed by atoms with Crippen molar-refractivity contribution < 1.29 is 19.0 Å². The molecule has 1 aromatic rings. The fraction of sp³-hybridized carbons (Fsp3) is 0.235. The molecule has 0 amide bonds. The van der Waals surface area contributed by atoms with Gasteiger partial charge in [0.05, 0.1) is 33.2 Å². The van der Waals surface area contributed by atoms with Crippen molar-refractivity contribution in [3.05, 3.63) is 59.4 Å². The van der Waals surface area contributed by atoms with Crippen LogP contribution >= 0.6 is 0 Å². The summed E-state index contributed by atoms with van der Waals surface area (Å²) in [5.74, 6) is 0.368. The second-order valence-corrected chi connectivity index (χ2v) is 4.24. The highest BCUT2D eigenvalue weighted by atomic mass is 16.5. The minimum Gasteiger partial charge on any atom is -0.503 e. The lowest BCUT2D eigenvalue weighted by Gasteiger charge is -2.04. The molecule has 112 valence electrons. The molecule has 0 atom stereocenters. The number of carbonyl (C=O) groups excluding carboxylic acids is 1. The van der Waals surface area contributed by atoms with Crippen LogP contribution < -0.4 is 4.74 Å². The largest absolute Gasteiger partial charge is 0.503 e. The summed E-state index contributed by atoms with van der Waals surface area (Å²) in [7, 11) is 4.46. The molecule has 1 rings (SSSR count). The number of methoxy groups -OCH3 is 3. The van der Waals surface area contributed by atoms with Crippen LogP contribution in [0.1, 0.15) is 12.5 Å². The first kappa shape index (κ1) is 16.6. The minimum atomic E-state index is -0.430. The van der Waals surface area contributed by atoms with Crippen LogP contribution in [0.15, 0.2) is 53.8 Å². The van der Waals surface area contributed by atoms with Crippen molar-refractivity contribution in [2.45, 2.75) is 6.92 Å². The van der Waals surface area contributed by atoms with E-state index in [0.717, 1.165) is 16.9 Å². The summed E-state index contributed by atoms with van der Waals surface area (Å²) >= 11 is 0. The molecule has 0 N–H and O–H groups in total. The van der Waals surface area contributed by atoms with Crippen molar-refractivity contribution in [2.24, 2.45) is 0 Å². The molecule has 0 aliphatic carbocycles. The third-order valence-electron chi connectivity index (χ3n) is 2.79. The number of allylic oxidation sites excluding steroid dienone is 2. The van der Waals surface area contributed by atoms with Gasteiger partial charge in [0.1, 0.15) is 5.75 Å². The molecule has 4 heteroatoms. The van der Waals surface area contributed by atoms with Gasteiger partial charge < -0.3 is 14.2 Å².